The minimum absolute atomic E-state index is 0.101. The van der Waals surface area contributed by atoms with E-state index in [9.17, 15) is 14.4 Å². The maximum absolute atomic E-state index is 12.9. The number of hydrogen-bond acceptors (Lipinski definition) is 6. The van der Waals surface area contributed by atoms with Crippen LogP contribution in [0.15, 0.2) is 146 Å². The van der Waals surface area contributed by atoms with Gasteiger partial charge in [0.25, 0.3) is 0 Å². The fourth-order valence-corrected chi connectivity index (χ4v) is 8.74. The van der Waals surface area contributed by atoms with Crippen molar-refractivity contribution in [3.63, 3.8) is 0 Å². The molecule has 0 N–H and O–H groups in total. The molecule has 0 aliphatic rings. The van der Waals surface area contributed by atoms with Crippen LogP contribution < -0.4 is 0 Å². The molecule has 0 aliphatic carbocycles. The zero-order valence-electron chi connectivity index (χ0n) is 51.8. The van der Waals surface area contributed by atoms with E-state index in [-0.39, 0.29) is 31.1 Å². The lowest BCUT2D eigenvalue weighted by Gasteiger charge is -2.18. The average Bonchev–Trinajstić information content (AvgIpc) is 3.46. The van der Waals surface area contributed by atoms with Gasteiger partial charge in [0.15, 0.2) is 6.10 Å². The van der Waals surface area contributed by atoms with Crippen molar-refractivity contribution in [1.29, 1.82) is 0 Å². The summed E-state index contributed by atoms with van der Waals surface area (Å²) >= 11 is 0. The lowest BCUT2D eigenvalue weighted by atomic mass is 10.0. The monoisotopic (exact) mass is 1100 g/mol. The fraction of sp³-hybridized carbons (Fsp3) is 0.635. The topological polar surface area (TPSA) is 78.9 Å². The Morgan fingerprint density at radius 3 is 0.787 bits per heavy atom. The maximum Gasteiger partial charge on any atom is 0.306 e. The van der Waals surface area contributed by atoms with E-state index in [2.05, 4.69) is 167 Å². The normalized spacial score (nSPS) is 13.1. The average molecular weight is 1110 g/mol. The predicted octanol–water partition coefficient (Wildman–Crippen LogP) is 22.7. The van der Waals surface area contributed by atoms with Gasteiger partial charge in [-0.25, -0.2) is 0 Å². The first-order chi connectivity index (χ1) is 39.5. The standard InChI is InChI=1S/C74H120O6/c1-4-7-10-13-16-19-22-25-28-31-33-34-35-36-37-38-39-40-42-43-46-49-52-55-58-61-64-67-73(76)79-70-71(69-78-72(75)66-63-60-57-54-51-48-45-30-27-24-21-18-15-12-9-6-3)80-74(77)68-65-62-59-56-53-50-47-44-41-32-29-26-23-20-17-14-11-8-5-2/h7-8,10-11,16-17,19-20,25-26,28-29,33-34,36-37,39-41,43-44,46,52,55,71H,4-6,9,12-15,18,21-24,27,30-32,35,38,42,45,47-51,53-54,56-70H2,1-3H3/b10-7-,11-8-,19-16-,20-17-,28-25-,29-26-,34-33-,37-36-,40-39-,44-41-,46-43-,55-52-. The smallest absolute Gasteiger partial charge is 0.306 e. The number of carbonyl (C=O) groups excluding carboxylic acids is 3. The fourth-order valence-electron chi connectivity index (χ4n) is 8.74. The zero-order valence-corrected chi connectivity index (χ0v) is 51.8. The van der Waals surface area contributed by atoms with Gasteiger partial charge in [-0.3, -0.25) is 14.4 Å². The third-order valence-electron chi connectivity index (χ3n) is 13.6. The number of hydrogen-bond donors (Lipinski definition) is 0. The molecule has 0 saturated heterocycles. The van der Waals surface area contributed by atoms with Crippen molar-refractivity contribution in [2.75, 3.05) is 13.2 Å². The summed E-state index contributed by atoms with van der Waals surface area (Å²) in [5, 5.41) is 0. The van der Waals surface area contributed by atoms with Crippen molar-refractivity contribution in [2.45, 2.75) is 290 Å². The maximum atomic E-state index is 12.9. The van der Waals surface area contributed by atoms with Crippen molar-refractivity contribution >= 4 is 17.9 Å². The van der Waals surface area contributed by atoms with Crippen LogP contribution in [-0.4, -0.2) is 37.2 Å². The van der Waals surface area contributed by atoms with Crippen molar-refractivity contribution in [3.8, 4) is 0 Å². The highest BCUT2D eigenvalue weighted by molar-refractivity contribution is 5.71. The van der Waals surface area contributed by atoms with E-state index in [4.69, 9.17) is 14.2 Å². The number of rotatable bonds is 58. The second-order valence-corrected chi connectivity index (χ2v) is 21.3. The molecule has 6 nitrogen and oxygen atoms in total. The molecule has 0 saturated carbocycles. The highest BCUT2D eigenvalue weighted by Crippen LogP contribution is 2.16. The molecule has 6 heteroatoms. The van der Waals surface area contributed by atoms with Gasteiger partial charge in [-0.05, 0) is 122 Å². The predicted molar refractivity (Wildman–Crippen MR) is 348 cm³/mol. The lowest BCUT2D eigenvalue weighted by molar-refractivity contribution is -0.167. The molecule has 0 bridgehead atoms. The van der Waals surface area contributed by atoms with Crippen molar-refractivity contribution in [1.82, 2.24) is 0 Å². The Labute approximate surface area is 493 Å². The summed E-state index contributed by atoms with van der Waals surface area (Å²) < 4.78 is 16.9. The van der Waals surface area contributed by atoms with Crippen LogP contribution in [0, 0.1) is 0 Å². The van der Waals surface area contributed by atoms with Crippen LogP contribution >= 0.6 is 0 Å². The quantitative estimate of drug-likeness (QED) is 0.0261. The molecule has 0 spiro atoms. The highest BCUT2D eigenvalue weighted by Gasteiger charge is 2.19. The number of ether oxygens (including phenoxy) is 3. The summed E-state index contributed by atoms with van der Waals surface area (Å²) in [5.74, 6) is -0.957. The summed E-state index contributed by atoms with van der Waals surface area (Å²) in [7, 11) is 0. The molecule has 0 aromatic rings. The van der Waals surface area contributed by atoms with Gasteiger partial charge in [0.1, 0.15) is 13.2 Å². The van der Waals surface area contributed by atoms with Gasteiger partial charge in [0.05, 0.1) is 0 Å². The van der Waals surface area contributed by atoms with E-state index in [0.29, 0.717) is 25.7 Å². The first kappa shape index (κ1) is 75.3. The zero-order chi connectivity index (χ0) is 57.8. The minimum Gasteiger partial charge on any atom is -0.462 e. The molecule has 452 valence electrons. The molecule has 0 fully saturated rings. The van der Waals surface area contributed by atoms with Crippen LogP contribution in [0.5, 0.6) is 0 Å². The Morgan fingerprint density at radius 2 is 0.487 bits per heavy atom. The second-order valence-electron chi connectivity index (χ2n) is 21.3. The van der Waals surface area contributed by atoms with Gasteiger partial charge in [0.2, 0.25) is 0 Å². The van der Waals surface area contributed by atoms with E-state index in [1.54, 1.807) is 0 Å². The SMILES string of the molecule is CC/C=C\C/C=C\C/C=C\C/C=C\C/C=C\C/C=C\C/C=C\C/C=C\CCCCC(=O)OCC(COC(=O)CCCCCCCCCCCCCCCCCC)OC(=O)CCCCCCCC/C=C\C/C=C\C/C=C\C/C=C\CC. The Hall–Kier alpha value is -4.71. The Kier molecular flexibility index (Phi) is 62.9. The number of carbonyl (C=O) groups is 3. The van der Waals surface area contributed by atoms with Crippen molar-refractivity contribution in [2.24, 2.45) is 0 Å². The second kappa shape index (κ2) is 66.8. The number of unbranched alkanes of at least 4 members (excludes halogenated alkanes) is 23. The third kappa shape index (κ3) is 64.1. The number of allylic oxidation sites excluding steroid dienone is 24. The Balaban J connectivity index is 4.49. The van der Waals surface area contributed by atoms with Gasteiger partial charge in [-0.15, -0.1) is 0 Å². The van der Waals surface area contributed by atoms with Gasteiger partial charge in [0, 0.05) is 19.3 Å². The van der Waals surface area contributed by atoms with Gasteiger partial charge in [-0.2, -0.15) is 0 Å². The Bertz CT molecular complexity index is 1750. The first-order valence-corrected chi connectivity index (χ1v) is 32.8. The van der Waals surface area contributed by atoms with Crippen LogP contribution in [0.4, 0.5) is 0 Å². The molecule has 1 atom stereocenters. The molecule has 0 aromatic heterocycles. The summed E-state index contributed by atoms with van der Waals surface area (Å²) in [6, 6.07) is 0. The molecule has 0 aromatic carbocycles. The molecule has 80 heavy (non-hydrogen) atoms. The van der Waals surface area contributed by atoms with E-state index >= 15 is 0 Å². The molecular weight excluding hydrogens is 985 g/mol. The van der Waals surface area contributed by atoms with Crippen LogP contribution in [0.3, 0.4) is 0 Å². The Morgan fingerprint density at radius 1 is 0.263 bits per heavy atom. The van der Waals surface area contributed by atoms with Gasteiger partial charge in [-0.1, -0.05) is 289 Å². The van der Waals surface area contributed by atoms with E-state index in [1.165, 1.54) is 96.3 Å². The third-order valence-corrected chi connectivity index (χ3v) is 13.6. The van der Waals surface area contributed by atoms with Crippen molar-refractivity contribution in [3.05, 3.63) is 146 Å². The summed E-state index contributed by atoms with van der Waals surface area (Å²) in [5.41, 5.74) is 0. The van der Waals surface area contributed by atoms with Crippen LogP contribution in [0.25, 0.3) is 0 Å². The summed E-state index contributed by atoms with van der Waals surface area (Å²) in [4.78, 5) is 38.4. The summed E-state index contributed by atoms with van der Waals surface area (Å²) in [6.45, 7) is 6.38. The first-order valence-electron chi connectivity index (χ1n) is 32.8. The molecule has 0 radical (unpaired) electrons. The molecule has 0 aliphatic heterocycles. The van der Waals surface area contributed by atoms with Gasteiger partial charge < -0.3 is 14.2 Å². The molecular formula is C74H120O6. The molecule has 0 heterocycles. The number of esters is 3. The van der Waals surface area contributed by atoms with Crippen molar-refractivity contribution < 1.29 is 28.6 Å². The molecule has 0 amide bonds. The minimum atomic E-state index is -0.810. The van der Waals surface area contributed by atoms with Crippen LogP contribution in [0.1, 0.15) is 284 Å². The van der Waals surface area contributed by atoms with E-state index in [0.717, 1.165) is 141 Å². The lowest BCUT2D eigenvalue weighted by Crippen LogP contribution is -2.30. The van der Waals surface area contributed by atoms with E-state index in [1.807, 2.05) is 0 Å². The van der Waals surface area contributed by atoms with E-state index < -0.39 is 6.10 Å². The van der Waals surface area contributed by atoms with Crippen LogP contribution in [0.2, 0.25) is 0 Å². The van der Waals surface area contributed by atoms with Crippen LogP contribution in [-0.2, 0) is 28.6 Å². The van der Waals surface area contributed by atoms with Gasteiger partial charge >= 0.3 is 17.9 Å². The highest BCUT2D eigenvalue weighted by atomic mass is 16.6. The summed E-state index contributed by atoms with van der Waals surface area (Å²) in [6.07, 6.45) is 95.6. The molecule has 0 rings (SSSR count). The molecule has 1 unspecified atom stereocenters. The largest absolute Gasteiger partial charge is 0.462 e.